The zero-order valence-electron chi connectivity index (χ0n) is 18.5. The van der Waals surface area contributed by atoms with Crippen molar-refractivity contribution in [2.45, 2.75) is 19.1 Å². The number of ether oxygens (including phenoxy) is 1. The highest BCUT2D eigenvalue weighted by atomic mass is 16.5. The highest BCUT2D eigenvalue weighted by Crippen LogP contribution is 2.21. The number of hydrogen-bond donors (Lipinski definition) is 2. The van der Waals surface area contributed by atoms with Gasteiger partial charge in [-0.1, -0.05) is 54.6 Å². The van der Waals surface area contributed by atoms with Crippen LogP contribution < -0.4 is 5.73 Å². The minimum absolute atomic E-state index is 0.189. The fourth-order valence-electron chi connectivity index (χ4n) is 3.50. The van der Waals surface area contributed by atoms with Crippen molar-refractivity contribution >= 4 is 27.8 Å². The van der Waals surface area contributed by atoms with Gasteiger partial charge >= 0.3 is 5.97 Å². The lowest BCUT2D eigenvalue weighted by molar-refractivity contribution is -0.146. The SMILES string of the molecule is NC(Cc1ccc(O)cc1)C(=O)OCc1ccccc1.c1cnc2c(c1)ccc1ncccc12. The van der Waals surface area contributed by atoms with Gasteiger partial charge in [0.15, 0.2) is 0 Å². The quantitative estimate of drug-likeness (QED) is 0.295. The second-order valence-corrected chi connectivity index (χ2v) is 7.78. The molecule has 3 N–H and O–H groups in total. The Kier molecular flexibility index (Phi) is 7.42. The van der Waals surface area contributed by atoms with Gasteiger partial charge in [0.05, 0.1) is 11.0 Å². The van der Waals surface area contributed by atoms with E-state index in [0.29, 0.717) is 6.42 Å². The Balaban J connectivity index is 0.000000170. The van der Waals surface area contributed by atoms with Gasteiger partial charge in [-0.25, -0.2) is 0 Å². The van der Waals surface area contributed by atoms with Crippen molar-refractivity contribution in [1.29, 1.82) is 0 Å². The van der Waals surface area contributed by atoms with Crippen LogP contribution in [0.4, 0.5) is 0 Å². The molecule has 3 aromatic carbocycles. The summed E-state index contributed by atoms with van der Waals surface area (Å²) in [6.07, 6.45) is 4.00. The Morgan fingerprint density at radius 3 is 2.35 bits per heavy atom. The molecule has 0 aliphatic heterocycles. The number of phenols is 1. The number of hydrogen-bond acceptors (Lipinski definition) is 6. The van der Waals surface area contributed by atoms with E-state index in [9.17, 15) is 9.90 Å². The highest BCUT2D eigenvalue weighted by molar-refractivity contribution is 6.03. The summed E-state index contributed by atoms with van der Waals surface area (Å²) >= 11 is 0. The molecule has 0 fully saturated rings. The van der Waals surface area contributed by atoms with E-state index >= 15 is 0 Å². The van der Waals surface area contributed by atoms with E-state index in [4.69, 9.17) is 10.5 Å². The second-order valence-electron chi connectivity index (χ2n) is 7.78. The molecule has 0 aliphatic rings. The lowest BCUT2D eigenvalue weighted by Gasteiger charge is -2.11. The normalized spacial score (nSPS) is 11.4. The molecule has 1 atom stereocenters. The Bertz CT molecular complexity index is 1320. The topological polar surface area (TPSA) is 98.3 Å². The first-order valence-electron chi connectivity index (χ1n) is 10.9. The van der Waals surface area contributed by atoms with Gasteiger partial charge in [-0.05, 0) is 53.9 Å². The summed E-state index contributed by atoms with van der Waals surface area (Å²) in [6, 6.07) is 27.4. The fourth-order valence-corrected chi connectivity index (χ4v) is 3.50. The van der Waals surface area contributed by atoms with E-state index in [1.54, 1.807) is 30.5 Å². The maximum Gasteiger partial charge on any atom is 0.323 e. The Morgan fingerprint density at radius 1 is 0.824 bits per heavy atom. The molecule has 0 spiro atoms. The molecule has 0 saturated carbocycles. The molecule has 0 aliphatic carbocycles. The van der Waals surface area contributed by atoms with Crippen LogP contribution >= 0.6 is 0 Å². The first-order chi connectivity index (χ1) is 16.6. The lowest BCUT2D eigenvalue weighted by Crippen LogP contribution is -2.34. The maximum atomic E-state index is 11.8. The molecule has 34 heavy (non-hydrogen) atoms. The molecule has 2 aromatic heterocycles. The standard InChI is InChI=1S/C16H17NO3.C12H8N2/c17-15(10-12-6-8-14(18)9-7-12)16(19)20-11-13-4-2-1-3-5-13;1-3-9-5-6-11-10(4-2-7-13-11)12(9)14-8-1/h1-9,15,18H,10-11,17H2;1-8H. The zero-order valence-corrected chi connectivity index (χ0v) is 18.5. The summed E-state index contributed by atoms with van der Waals surface area (Å²) in [5, 5.41) is 11.5. The first kappa shape index (κ1) is 22.9. The molecule has 6 heteroatoms. The predicted molar refractivity (Wildman–Crippen MR) is 133 cm³/mol. The number of aromatic hydroxyl groups is 1. The van der Waals surface area contributed by atoms with Gasteiger partial charge < -0.3 is 15.6 Å². The van der Waals surface area contributed by atoms with Crippen LogP contribution in [-0.2, 0) is 22.6 Å². The number of carbonyl (C=O) groups is 1. The summed E-state index contributed by atoms with van der Waals surface area (Å²) in [4.78, 5) is 20.5. The van der Waals surface area contributed by atoms with E-state index < -0.39 is 12.0 Å². The average molecular weight is 452 g/mol. The number of phenolic OH excluding ortho intramolecular Hbond substituents is 1. The third-order valence-electron chi connectivity index (χ3n) is 5.27. The van der Waals surface area contributed by atoms with Gasteiger partial charge in [0.1, 0.15) is 18.4 Å². The number of pyridine rings is 2. The lowest BCUT2D eigenvalue weighted by atomic mass is 10.1. The van der Waals surface area contributed by atoms with Crippen LogP contribution in [0.1, 0.15) is 11.1 Å². The Hall–Kier alpha value is -4.29. The Morgan fingerprint density at radius 2 is 1.56 bits per heavy atom. The smallest absolute Gasteiger partial charge is 0.323 e. The molecular weight excluding hydrogens is 426 g/mol. The van der Waals surface area contributed by atoms with Crippen LogP contribution in [0.25, 0.3) is 21.8 Å². The van der Waals surface area contributed by atoms with Gasteiger partial charge in [0.25, 0.3) is 0 Å². The van der Waals surface area contributed by atoms with Crippen molar-refractivity contribution < 1.29 is 14.6 Å². The molecule has 1 unspecified atom stereocenters. The van der Waals surface area contributed by atoms with Gasteiger partial charge in [0, 0.05) is 23.2 Å². The van der Waals surface area contributed by atoms with Crippen molar-refractivity contribution in [2.75, 3.05) is 0 Å². The summed E-state index contributed by atoms with van der Waals surface area (Å²) < 4.78 is 5.17. The average Bonchev–Trinajstić information content (AvgIpc) is 2.89. The van der Waals surface area contributed by atoms with E-state index in [-0.39, 0.29) is 12.4 Å². The van der Waals surface area contributed by atoms with Gasteiger partial charge in [-0.15, -0.1) is 0 Å². The summed E-state index contributed by atoms with van der Waals surface area (Å²) in [7, 11) is 0. The number of nitrogens with zero attached hydrogens (tertiary/aromatic N) is 2. The van der Waals surface area contributed by atoms with E-state index in [1.165, 1.54) is 0 Å². The van der Waals surface area contributed by atoms with E-state index in [1.807, 2.05) is 54.7 Å². The van der Waals surface area contributed by atoms with Crippen LogP contribution in [0.15, 0.2) is 103 Å². The van der Waals surface area contributed by atoms with Gasteiger partial charge in [-0.3, -0.25) is 14.8 Å². The summed E-state index contributed by atoms with van der Waals surface area (Å²) in [5.41, 5.74) is 9.65. The molecular formula is C28H25N3O3. The monoisotopic (exact) mass is 451 g/mol. The number of nitrogens with two attached hydrogens (primary N) is 1. The van der Waals surface area contributed by atoms with E-state index in [0.717, 1.165) is 32.9 Å². The molecule has 5 rings (SSSR count). The maximum absolute atomic E-state index is 11.8. The number of rotatable bonds is 5. The Labute approximate surface area is 197 Å². The first-order valence-corrected chi connectivity index (χ1v) is 10.9. The van der Waals surface area contributed by atoms with Crippen molar-refractivity contribution in [2.24, 2.45) is 5.73 Å². The number of esters is 1. The summed E-state index contributed by atoms with van der Waals surface area (Å²) in [6.45, 7) is 0.225. The van der Waals surface area contributed by atoms with E-state index in [2.05, 4.69) is 28.2 Å². The molecule has 6 nitrogen and oxygen atoms in total. The largest absolute Gasteiger partial charge is 0.508 e. The number of benzene rings is 3. The summed E-state index contributed by atoms with van der Waals surface area (Å²) in [5.74, 6) is -0.240. The molecule has 0 amide bonds. The van der Waals surface area contributed by atoms with Crippen molar-refractivity contribution in [1.82, 2.24) is 9.97 Å². The highest BCUT2D eigenvalue weighted by Gasteiger charge is 2.15. The van der Waals surface area contributed by atoms with Crippen LogP contribution in [0, 0.1) is 0 Å². The second kappa shape index (κ2) is 11.0. The minimum Gasteiger partial charge on any atom is -0.508 e. The molecule has 0 saturated heterocycles. The van der Waals surface area contributed by atoms with Crippen LogP contribution in [0.3, 0.4) is 0 Å². The molecule has 5 aromatic rings. The predicted octanol–water partition coefficient (Wildman–Crippen LogP) is 4.79. The molecule has 0 bridgehead atoms. The van der Waals surface area contributed by atoms with Crippen molar-refractivity contribution in [3.05, 3.63) is 115 Å². The van der Waals surface area contributed by atoms with Crippen LogP contribution in [0.5, 0.6) is 5.75 Å². The number of carbonyl (C=O) groups excluding carboxylic acids is 1. The number of fused-ring (bicyclic) bond motifs is 3. The van der Waals surface area contributed by atoms with Crippen molar-refractivity contribution in [3.63, 3.8) is 0 Å². The third kappa shape index (κ3) is 5.94. The number of aromatic nitrogens is 2. The van der Waals surface area contributed by atoms with Gasteiger partial charge in [-0.2, -0.15) is 0 Å². The molecule has 0 radical (unpaired) electrons. The fraction of sp³-hybridized carbons (Fsp3) is 0.107. The van der Waals surface area contributed by atoms with Gasteiger partial charge in [0.2, 0.25) is 0 Å². The van der Waals surface area contributed by atoms with Crippen LogP contribution in [0.2, 0.25) is 0 Å². The third-order valence-corrected chi connectivity index (χ3v) is 5.27. The minimum atomic E-state index is -0.705. The molecule has 2 heterocycles. The molecule has 170 valence electrons. The zero-order chi connectivity index (χ0) is 23.8. The van der Waals surface area contributed by atoms with Crippen LogP contribution in [-0.4, -0.2) is 27.1 Å². The van der Waals surface area contributed by atoms with Crippen molar-refractivity contribution in [3.8, 4) is 5.75 Å².